The molecular formula is C20H25O5P. The standard InChI is InChI=1S/C20H25O5P/c1-5-24-11-12-25-26(22,23,18-9-7-6-8-10-18)20(21)19-16(3)13-15(2)14-17(19)4/h5-10,13-14,22-23H,1,11-12H2,2-4H3. The quantitative estimate of drug-likeness (QED) is 0.419. The van der Waals surface area contributed by atoms with Gasteiger partial charge in [-0.15, -0.1) is 0 Å². The zero-order valence-corrected chi connectivity index (χ0v) is 16.2. The van der Waals surface area contributed by atoms with Crippen LogP contribution in [-0.2, 0) is 9.26 Å². The SMILES string of the molecule is C=COCCOP(O)(O)(C(=O)c1c(C)cc(C)cc1C)c1ccccc1. The van der Waals surface area contributed by atoms with Gasteiger partial charge in [0.1, 0.15) is 0 Å². The molecular weight excluding hydrogens is 351 g/mol. The molecule has 140 valence electrons. The molecule has 26 heavy (non-hydrogen) atoms. The summed E-state index contributed by atoms with van der Waals surface area (Å²) >= 11 is 0. The third kappa shape index (κ3) is 3.87. The molecule has 0 fully saturated rings. The van der Waals surface area contributed by atoms with Crippen LogP contribution in [0.1, 0.15) is 27.0 Å². The molecule has 2 rings (SSSR count). The number of rotatable bonds is 8. The Labute approximate surface area is 154 Å². The van der Waals surface area contributed by atoms with Crippen molar-refractivity contribution in [3.63, 3.8) is 0 Å². The number of aryl methyl sites for hydroxylation is 3. The summed E-state index contributed by atoms with van der Waals surface area (Å²) in [6.45, 7) is 8.78. The molecule has 0 saturated carbocycles. The molecule has 0 spiro atoms. The summed E-state index contributed by atoms with van der Waals surface area (Å²) < 4.78 is 10.5. The van der Waals surface area contributed by atoms with Crippen LogP contribution in [-0.4, -0.2) is 28.5 Å². The molecule has 2 aromatic carbocycles. The topological polar surface area (TPSA) is 76.0 Å². The molecule has 6 heteroatoms. The van der Waals surface area contributed by atoms with Gasteiger partial charge in [0.25, 0.3) is 0 Å². The minimum absolute atomic E-state index is 0.0501. The minimum atomic E-state index is -5.35. The van der Waals surface area contributed by atoms with E-state index in [0.717, 1.165) is 5.56 Å². The van der Waals surface area contributed by atoms with Crippen LogP contribution in [0.25, 0.3) is 0 Å². The Hall–Kier alpha value is -2.04. The zero-order valence-electron chi connectivity index (χ0n) is 15.3. The van der Waals surface area contributed by atoms with Gasteiger partial charge in [-0.05, 0) is 0 Å². The van der Waals surface area contributed by atoms with Gasteiger partial charge in [-0.3, -0.25) is 0 Å². The molecule has 0 unspecified atom stereocenters. The third-order valence-electron chi connectivity index (χ3n) is 4.13. The van der Waals surface area contributed by atoms with E-state index in [-0.39, 0.29) is 24.1 Å². The second-order valence-electron chi connectivity index (χ2n) is 6.23. The van der Waals surface area contributed by atoms with Crippen molar-refractivity contribution in [2.75, 3.05) is 13.2 Å². The van der Waals surface area contributed by atoms with Crippen LogP contribution >= 0.6 is 7.28 Å². The van der Waals surface area contributed by atoms with Crippen LogP contribution in [0.4, 0.5) is 0 Å². The molecule has 0 aliphatic rings. The molecule has 0 aliphatic carbocycles. The molecule has 0 radical (unpaired) electrons. The number of benzene rings is 2. The van der Waals surface area contributed by atoms with Crippen molar-refractivity contribution in [3.8, 4) is 0 Å². The van der Waals surface area contributed by atoms with Gasteiger partial charge < -0.3 is 0 Å². The van der Waals surface area contributed by atoms with Crippen molar-refractivity contribution in [3.05, 3.63) is 77.6 Å². The average Bonchev–Trinajstić information content (AvgIpc) is 2.59. The Morgan fingerprint density at radius 2 is 1.65 bits per heavy atom. The van der Waals surface area contributed by atoms with Crippen LogP contribution < -0.4 is 5.30 Å². The molecule has 2 aromatic rings. The summed E-state index contributed by atoms with van der Waals surface area (Å²) in [6.07, 6.45) is 1.23. The van der Waals surface area contributed by atoms with E-state index in [0.29, 0.717) is 11.1 Å². The maximum absolute atomic E-state index is 13.4. The van der Waals surface area contributed by atoms with E-state index in [1.54, 1.807) is 32.0 Å². The van der Waals surface area contributed by atoms with Crippen LogP contribution in [0.15, 0.2) is 55.3 Å². The van der Waals surface area contributed by atoms with E-state index in [2.05, 4.69) is 6.58 Å². The Morgan fingerprint density at radius 3 is 2.19 bits per heavy atom. The van der Waals surface area contributed by atoms with Crippen molar-refractivity contribution >= 4 is 18.1 Å². The summed E-state index contributed by atoms with van der Waals surface area (Å²) in [6, 6.07) is 11.6. The summed E-state index contributed by atoms with van der Waals surface area (Å²) in [5.41, 5.74) is 1.80. The fourth-order valence-corrected chi connectivity index (χ4v) is 5.39. The maximum atomic E-state index is 13.4. The van der Waals surface area contributed by atoms with Crippen LogP contribution in [0.2, 0.25) is 0 Å². The molecule has 0 amide bonds. The Kier molecular flexibility index (Phi) is 5.99. The number of ether oxygens (including phenoxy) is 1. The van der Waals surface area contributed by atoms with Gasteiger partial charge in [0, 0.05) is 0 Å². The second-order valence-corrected chi connectivity index (χ2v) is 9.31. The van der Waals surface area contributed by atoms with Gasteiger partial charge in [0.05, 0.1) is 0 Å². The number of hydrogen-bond acceptors (Lipinski definition) is 5. The monoisotopic (exact) mass is 376 g/mol. The average molecular weight is 376 g/mol. The van der Waals surface area contributed by atoms with Gasteiger partial charge in [0.2, 0.25) is 0 Å². The van der Waals surface area contributed by atoms with Crippen molar-refractivity contribution in [1.82, 2.24) is 0 Å². The van der Waals surface area contributed by atoms with Crippen LogP contribution in [0.5, 0.6) is 0 Å². The first-order valence-corrected chi connectivity index (χ1v) is 10.3. The molecule has 0 aliphatic heterocycles. The summed E-state index contributed by atoms with van der Waals surface area (Å²) in [5.74, 6) is 0. The first-order chi connectivity index (χ1) is 12.2. The number of carbonyl (C=O) groups is 1. The predicted octanol–water partition coefficient (Wildman–Crippen LogP) is 3.54. The van der Waals surface area contributed by atoms with Crippen molar-refractivity contribution in [1.29, 1.82) is 0 Å². The molecule has 5 nitrogen and oxygen atoms in total. The summed E-state index contributed by atoms with van der Waals surface area (Å²) in [4.78, 5) is 36.0. The number of carbonyl (C=O) groups excluding carboxylic acids is 1. The molecule has 0 saturated heterocycles. The Morgan fingerprint density at radius 1 is 1.08 bits per heavy atom. The van der Waals surface area contributed by atoms with Crippen molar-refractivity contribution in [2.24, 2.45) is 0 Å². The second kappa shape index (κ2) is 7.68. The van der Waals surface area contributed by atoms with Gasteiger partial charge >= 0.3 is 153 Å². The van der Waals surface area contributed by atoms with E-state index in [1.807, 2.05) is 19.1 Å². The van der Waals surface area contributed by atoms with Crippen molar-refractivity contribution < 1.29 is 23.8 Å². The van der Waals surface area contributed by atoms with E-state index < -0.39 is 12.8 Å². The van der Waals surface area contributed by atoms with Gasteiger partial charge in [-0.25, -0.2) is 0 Å². The predicted molar refractivity (Wildman–Crippen MR) is 105 cm³/mol. The normalized spacial score (nSPS) is 12.9. The van der Waals surface area contributed by atoms with Crippen LogP contribution in [0.3, 0.4) is 0 Å². The summed E-state index contributed by atoms with van der Waals surface area (Å²) in [5, 5.41) is 0.0569. The molecule has 2 N–H and O–H groups in total. The molecule has 0 aromatic heterocycles. The van der Waals surface area contributed by atoms with E-state index >= 15 is 0 Å². The van der Waals surface area contributed by atoms with Gasteiger partial charge in [-0.2, -0.15) is 0 Å². The first-order valence-electron chi connectivity index (χ1n) is 8.27. The van der Waals surface area contributed by atoms with Crippen molar-refractivity contribution in [2.45, 2.75) is 20.8 Å². The number of hydrogen-bond donors (Lipinski definition) is 2. The van der Waals surface area contributed by atoms with Gasteiger partial charge in [0.15, 0.2) is 0 Å². The van der Waals surface area contributed by atoms with Gasteiger partial charge in [-0.1, -0.05) is 0 Å². The Balaban J connectivity index is 2.57. The van der Waals surface area contributed by atoms with E-state index in [1.165, 1.54) is 18.4 Å². The third-order valence-corrected chi connectivity index (χ3v) is 6.99. The van der Waals surface area contributed by atoms with E-state index in [4.69, 9.17) is 9.26 Å². The zero-order chi connectivity index (χ0) is 19.4. The Bertz CT molecular complexity index is 791. The molecule has 0 bridgehead atoms. The first kappa shape index (κ1) is 20.3. The summed E-state index contributed by atoms with van der Waals surface area (Å²) in [7, 11) is -5.35. The van der Waals surface area contributed by atoms with E-state index in [9.17, 15) is 14.6 Å². The van der Waals surface area contributed by atoms with Crippen LogP contribution in [0, 0.1) is 20.8 Å². The fourth-order valence-electron chi connectivity index (χ4n) is 3.01. The molecule has 0 atom stereocenters. The molecule has 0 heterocycles. The fraction of sp³-hybridized carbons (Fsp3) is 0.250.